The molecule has 0 spiro atoms. The summed E-state index contributed by atoms with van der Waals surface area (Å²) in [5, 5.41) is 0. The molecule has 0 aromatic carbocycles. The van der Waals surface area contributed by atoms with E-state index in [9.17, 15) is 0 Å². The maximum Gasteiger partial charge on any atom is 0.110 e. The van der Waals surface area contributed by atoms with Gasteiger partial charge < -0.3 is 9.80 Å². The Bertz CT molecular complexity index is 339. The van der Waals surface area contributed by atoms with Crippen LogP contribution in [0.25, 0.3) is 0 Å². The van der Waals surface area contributed by atoms with E-state index in [-0.39, 0.29) is 5.41 Å². The zero-order chi connectivity index (χ0) is 12.5. The van der Waals surface area contributed by atoms with E-state index in [1.54, 1.807) is 0 Å². The first kappa shape index (κ1) is 12.9. The molecular weight excluding hydrogens is 196 g/mol. The van der Waals surface area contributed by atoms with E-state index < -0.39 is 0 Å². The van der Waals surface area contributed by atoms with E-state index >= 15 is 0 Å². The van der Waals surface area contributed by atoms with Crippen LogP contribution in [0, 0.1) is 5.41 Å². The van der Waals surface area contributed by atoms with Crippen molar-refractivity contribution >= 4 is 0 Å². The Morgan fingerprint density at radius 2 is 1.44 bits per heavy atom. The highest BCUT2D eigenvalue weighted by molar-refractivity contribution is 5.49. The third kappa shape index (κ3) is 2.69. The van der Waals surface area contributed by atoms with E-state index in [1.165, 1.54) is 17.0 Å². The van der Waals surface area contributed by atoms with Crippen LogP contribution in [-0.4, -0.2) is 38.0 Å². The van der Waals surface area contributed by atoms with Gasteiger partial charge in [-0.05, 0) is 17.1 Å². The van der Waals surface area contributed by atoms with Crippen molar-refractivity contribution in [3.63, 3.8) is 0 Å². The minimum Gasteiger partial charge on any atom is -0.364 e. The van der Waals surface area contributed by atoms with Gasteiger partial charge in [0.05, 0.1) is 0 Å². The lowest BCUT2D eigenvalue weighted by Crippen LogP contribution is -2.25. The average molecular weight is 220 g/mol. The molecular formula is C14H24N2. The van der Waals surface area contributed by atoms with Gasteiger partial charge >= 0.3 is 0 Å². The van der Waals surface area contributed by atoms with Crippen molar-refractivity contribution in [3.05, 3.63) is 35.2 Å². The number of rotatable bonds is 2. The molecule has 0 saturated heterocycles. The molecule has 0 heterocycles. The lowest BCUT2D eigenvalue weighted by Gasteiger charge is -2.26. The van der Waals surface area contributed by atoms with Gasteiger partial charge in [0, 0.05) is 33.8 Å². The van der Waals surface area contributed by atoms with Gasteiger partial charge in [0.1, 0.15) is 5.82 Å². The van der Waals surface area contributed by atoms with Crippen LogP contribution in [0.1, 0.15) is 20.8 Å². The van der Waals surface area contributed by atoms with Crippen LogP contribution in [-0.2, 0) is 0 Å². The lowest BCUT2D eigenvalue weighted by atomic mass is 9.87. The van der Waals surface area contributed by atoms with Crippen LogP contribution in [0.4, 0.5) is 0 Å². The van der Waals surface area contributed by atoms with Crippen LogP contribution in [0.3, 0.4) is 0 Å². The highest BCUT2D eigenvalue weighted by atomic mass is 15.3. The van der Waals surface area contributed by atoms with E-state index in [0.717, 1.165) is 0 Å². The Balaban J connectivity index is 3.14. The van der Waals surface area contributed by atoms with Crippen LogP contribution in [0.5, 0.6) is 0 Å². The molecule has 1 rings (SSSR count). The van der Waals surface area contributed by atoms with Crippen molar-refractivity contribution in [1.29, 1.82) is 0 Å². The van der Waals surface area contributed by atoms with E-state index in [0.29, 0.717) is 0 Å². The highest BCUT2D eigenvalue weighted by Crippen LogP contribution is 2.32. The molecule has 90 valence electrons. The van der Waals surface area contributed by atoms with Gasteiger partial charge in [-0.2, -0.15) is 0 Å². The predicted molar refractivity (Wildman–Crippen MR) is 71.1 cm³/mol. The first-order valence-electron chi connectivity index (χ1n) is 5.72. The SMILES string of the molecule is CN(C)C(=C1C=CC(C(C)(C)C)=C1)N(C)C. The molecule has 0 aliphatic heterocycles. The van der Waals surface area contributed by atoms with Crippen molar-refractivity contribution in [1.82, 2.24) is 9.80 Å². The normalized spacial score (nSPS) is 15.2. The molecule has 2 heteroatoms. The molecule has 2 nitrogen and oxygen atoms in total. The molecule has 0 saturated carbocycles. The number of hydrogen-bond acceptors (Lipinski definition) is 2. The summed E-state index contributed by atoms with van der Waals surface area (Å²) in [6.45, 7) is 6.74. The predicted octanol–water partition coefficient (Wildman–Crippen LogP) is 2.86. The zero-order valence-electron chi connectivity index (χ0n) is 11.6. The molecule has 16 heavy (non-hydrogen) atoms. The molecule has 1 aliphatic carbocycles. The fourth-order valence-electron chi connectivity index (χ4n) is 1.97. The molecule has 1 aliphatic rings. The highest BCUT2D eigenvalue weighted by Gasteiger charge is 2.20. The monoisotopic (exact) mass is 220 g/mol. The first-order chi connectivity index (χ1) is 7.23. The number of nitrogens with zero attached hydrogens (tertiary/aromatic N) is 2. The minimum absolute atomic E-state index is 0.224. The summed E-state index contributed by atoms with van der Waals surface area (Å²) in [5.74, 6) is 1.25. The molecule has 0 fully saturated rings. The van der Waals surface area contributed by atoms with Crippen LogP contribution < -0.4 is 0 Å². The molecule has 0 unspecified atom stereocenters. The molecule has 0 amide bonds. The fraction of sp³-hybridized carbons (Fsp3) is 0.571. The smallest absolute Gasteiger partial charge is 0.110 e. The Hall–Kier alpha value is -1.18. The maximum atomic E-state index is 2.29. The quantitative estimate of drug-likeness (QED) is 0.706. The Morgan fingerprint density at radius 1 is 0.938 bits per heavy atom. The number of allylic oxidation sites excluding steroid dienone is 5. The maximum absolute atomic E-state index is 2.29. The second-order valence-electron chi connectivity index (χ2n) is 5.75. The van der Waals surface area contributed by atoms with Crippen molar-refractivity contribution in [2.45, 2.75) is 20.8 Å². The topological polar surface area (TPSA) is 6.48 Å². The summed E-state index contributed by atoms with van der Waals surface area (Å²) >= 11 is 0. The van der Waals surface area contributed by atoms with Gasteiger partial charge in [0.25, 0.3) is 0 Å². The second kappa shape index (κ2) is 4.36. The lowest BCUT2D eigenvalue weighted by molar-refractivity contribution is 0.339. The van der Waals surface area contributed by atoms with Gasteiger partial charge in [-0.25, -0.2) is 0 Å². The summed E-state index contributed by atoms with van der Waals surface area (Å²) in [6, 6.07) is 0. The van der Waals surface area contributed by atoms with E-state index in [1.807, 2.05) is 0 Å². The summed E-state index contributed by atoms with van der Waals surface area (Å²) in [7, 11) is 8.33. The Labute approximate surface area is 99.9 Å². The Morgan fingerprint density at radius 3 is 1.75 bits per heavy atom. The van der Waals surface area contributed by atoms with Crippen LogP contribution in [0.2, 0.25) is 0 Å². The van der Waals surface area contributed by atoms with Gasteiger partial charge in [-0.15, -0.1) is 0 Å². The average Bonchev–Trinajstić information content (AvgIpc) is 2.50. The third-order valence-corrected chi connectivity index (χ3v) is 2.72. The van der Waals surface area contributed by atoms with Gasteiger partial charge in [0.2, 0.25) is 0 Å². The third-order valence-electron chi connectivity index (χ3n) is 2.72. The van der Waals surface area contributed by atoms with Crippen molar-refractivity contribution in [2.24, 2.45) is 5.41 Å². The largest absolute Gasteiger partial charge is 0.364 e. The first-order valence-corrected chi connectivity index (χ1v) is 5.72. The van der Waals surface area contributed by atoms with Gasteiger partial charge in [-0.3, -0.25) is 0 Å². The summed E-state index contributed by atoms with van der Waals surface area (Å²) in [4.78, 5) is 4.31. The Kier molecular flexibility index (Phi) is 3.51. The molecule has 0 N–H and O–H groups in total. The molecule has 0 atom stereocenters. The van der Waals surface area contributed by atoms with Crippen LogP contribution >= 0.6 is 0 Å². The van der Waals surface area contributed by atoms with Gasteiger partial charge in [0.15, 0.2) is 0 Å². The number of hydrogen-bond donors (Lipinski definition) is 0. The van der Waals surface area contributed by atoms with Gasteiger partial charge in [-0.1, -0.05) is 32.9 Å². The molecule has 0 bridgehead atoms. The minimum atomic E-state index is 0.224. The second-order valence-corrected chi connectivity index (χ2v) is 5.75. The molecule has 0 aromatic heterocycles. The van der Waals surface area contributed by atoms with Crippen molar-refractivity contribution in [2.75, 3.05) is 28.2 Å². The van der Waals surface area contributed by atoms with Crippen molar-refractivity contribution in [3.8, 4) is 0 Å². The van der Waals surface area contributed by atoms with Crippen molar-refractivity contribution < 1.29 is 0 Å². The zero-order valence-corrected chi connectivity index (χ0v) is 11.6. The summed E-state index contributed by atoms with van der Waals surface area (Å²) in [5.41, 5.74) is 2.91. The summed E-state index contributed by atoms with van der Waals surface area (Å²) in [6.07, 6.45) is 6.72. The van der Waals surface area contributed by atoms with Crippen LogP contribution in [0.15, 0.2) is 35.2 Å². The van der Waals surface area contributed by atoms with E-state index in [4.69, 9.17) is 0 Å². The fourth-order valence-corrected chi connectivity index (χ4v) is 1.97. The molecule has 0 radical (unpaired) electrons. The molecule has 0 aromatic rings. The standard InChI is InChI=1S/C14H24N2/c1-14(2,3)12-9-8-11(10-12)13(15(4)5)16(6)7/h8-10H,1-7H3. The van der Waals surface area contributed by atoms with E-state index in [2.05, 4.69) is 77.0 Å². The summed E-state index contributed by atoms with van der Waals surface area (Å²) < 4.78 is 0.